The quantitative estimate of drug-likeness (QED) is 0.474. The zero-order valence-corrected chi connectivity index (χ0v) is 10.9. The van der Waals surface area contributed by atoms with Gasteiger partial charge in [0.15, 0.2) is 5.71 Å². The van der Waals surface area contributed by atoms with Crippen LogP contribution in [0.2, 0.25) is 0 Å². The van der Waals surface area contributed by atoms with E-state index in [-0.39, 0.29) is 11.4 Å². The fourth-order valence-electron chi connectivity index (χ4n) is 1.90. The van der Waals surface area contributed by atoms with Crippen LogP contribution in [0.1, 0.15) is 58.3 Å². The second-order valence-corrected chi connectivity index (χ2v) is 4.43. The van der Waals surface area contributed by atoms with Crippen LogP contribution in [-0.4, -0.2) is 17.4 Å². The van der Waals surface area contributed by atoms with Gasteiger partial charge in [0.25, 0.3) is 0 Å². The van der Waals surface area contributed by atoms with Gasteiger partial charge in [-0.1, -0.05) is 45.4 Å². The van der Waals surface area contributed by atoms with E-state index in [4.69, 9.17) is 10.7 Å². The number of allylic oxidation sites excluding steroid dienone is 1. The number of amidine groups is 1. The highest BCUT2D eigenvalue weighted by Gasteiger charge is 2.13. The maximum atomic E-state index is 8.75. The highest BCUT2D eigenvalue weighted by molar-refractivity contribution is 6.24. The summed E-state index contributed by atoms with van der Waals surface area (Å²) in [5, 5.41) is 17.5. The van der Waals surface area contributed by atoms with E-state index in [0.29, 0.717) is 5.84 Å². The summed E-state index contributed by atoms with van der Waals surface area (Å²) >= 11 is 0. The third-order valence-corrected chi connectivity index (χ3v) is 2.92. The summed E-state index contributed by atoms with van der Waals surface area (Å²) in [4.78, 5) is 8.10. The fraction of sp³-hybridized carbons (Fsp3) is 0.643. The van der Waals surface area contributed by atoms with Crippen LogP contribution in [0, 0.1) is 11.3 Å². The molecule has 18 heavy (non-hydrogen) atoms. The third kappa shape index (κ3) is 4.65. The van der Waals surface area contributed by atoms with Crippen LogP contribution < -0.4 is 0 Å². The molecule has 0 spiro atoms. The Morgan fingerprint density at radius 2 is 1.72 bits per heavy atom. The lowest BCUT2D eigenvalue weighted by molar-refractivity contribution is 0.595. The molecule has 0 aromatic heterocycles. The van der Waals surface area contributed by atoms with Gasteiger partial charge in [-0.05, 0) is 6.42 Å². The topological polar surface area (TPSA) is 70.8 Å². The van der Waals surface area contributed by atoms with Gasteiger partial charge in [0.05, 0.1) is 0 Å². The molecule has 0 aromatic carbocycles. The summed E-state index contributed by atoms with van der Waals surface area (Å²) in [6, 6.07) is 1.90. The molecule has 0 N–H and O–H groups in total. The summed E-state index contributed by atoms with van der Waals surface area (Å²) < 4.78 is 0. The van der Waals surface area contributed by atoms with Crippen LogP contribution in [0.5, 0.6) is 0 Å². The minimum absolute atomic E-state index is 0.162. The Balaban J connectivity index is 2.20. The molecule has 1 heterocycles. The molecule has 0 radical (unpaired) electrons. The first kappa shape index (κ1) is 14.3. The van der Waals surface area contributed by atoms with Gasteiger partial charge in [-0.3, -0.25) is 0 Å². The standard InChI is InChI=1S/C14H19N4/c1-2-3-4-5-6-7-8-9-14-17-12(10-15)13(11-16)18-14/h2-9H2,1H3/q-1. The van der Waals surface area contributed by atoms with Crippen molar-refractivity contribution in [1.82, 2.24) is 0 Å². The molecule has 4 nitrogen and oxygen atoms in total. The van der Waals surface area contributed by atoms with Crippen molar-refractivity contribution in [2.75, 3.05) is 0 Å². The van der Waals surface area contributed by atoms with Crippen LogP contribution in [-0.2, 0) is 0 Å². The molecule has 0 aromatic rings. The van der Waals surface area contributed by atoms with Crippen molar-refractivity contribution in [3.63, 3.8) is 0 Å². The van der Waals surface area contributed by atoms with Gasteiger partial charge in [-0.2, -0.15) is 5.26 Å². The van der Waals surface area contributed by atoms with Crippen LogP contribution in [0.3, 0.4) is 0 Å². The van der Waals surface area contributed by atoms with E-state index in [1.54, 1.807) is 0 Å². The lowest BCUT2D eigenvalue weighted by Crippen LogP contribution is -1.93. The van der Waals surface area contributed by atoms with Crippen molar-refractivity contribution >= 4 is 17.4 Å². The summed E-state index contributed by atoms with van der Waals surface area (Å²) in [7, 11) is 0. The lowest BCUT2D eigenvalue weighted by Gasteiger charge is -1.99. The van der Waals surface area contributed by atoms with E-state index in [9.17, 15) is 0 Å². The Labute approximate surface area is 109 Å². The predicted octanol–water partition coefficient (Wildman–Crippen LogP) is 3.63. The van der Waals surface area contributed by atoms with Crippen LogP contribution in [0.25, 0.3) is 5.41 Å². The molecule has 0 saturated heterocycles. The van der Waals surface area contributed by atoms with E-state index in [2.05, 4.69) is 16.9 Å². The monoisotopic (exact) mass is 243 g/mol. The van der Waals surface area contributed by atoms with E-state index in [1.807, 2.05) is 11.9 Å². The van der Waals surface area contributed by atoms with Crippen LogP contribution >= 0.6 is 0 Å². The van der Waals surface area contributed by atoms with Gasteiger partial charge >= 0.3 is 0 Å². The molecule has 1 rings (SSSR count). The Hall–Kier alpha value is -1.72. The average Bonchev–Trinajstić information content (AvgIpc) is 2.80. The first-order valence-corrected chi connectivity index (χ1v) is 6.65. The number of nitriles is 1. The molecular weight excluding hydrogens is 224 g/mol. The molecule has 0 bridgehead atoms. The van der Waals surface area contributed by atoms with Crippen LogP contribution in [0.15, 0.2) is 15.7 Å². The summed E-state index contributed by atoms with van der Waals surface area (Å²) in [6.45, 7) is 2.21. The Kier molecular flexibility index (Phi) is 6.68. The minimum atomic E-state index is 0.162. The zero-order chi connectivity index (χ0) is 13.2. The van der Waals surface area contributed by atoms with Gasteiger partial charge in [0.2, 0.25) is 0 Å². The molecule has 0 atom stereocenters. The largest absolute Gasteiger partial charge is 0.761 e. The first-order chi connectivity index (χ1) is 8.81. The zero-order valence-electron chi connectivity index (χ0n) is 10.9. The molecular formula is C14H19N4-. The molecule has 96 valence electrons. The molecule has 0 fully saturated rings. The van der Waals surface area contributed by atoms with E-state index < -0.39 is 0 Å². The van der Waals surface area contributed by atoms with Gasteiger partial charge in [-0.15, -0.1) is 0 Å². The van der Waals surface area contributed by atoms with Crippen molar-refractivity contribution < 1.29 is 0 Å². The maximum absolute atomic E-state index is 8.75. The average molecular weight is 243 g/mol. The highest BCUT2D eigenvalue weighted by Crippen LogP contribution is 2.13. The number of nitrogens with zero attached hydrogens (tertiary/aromatic N) is 4. The number of rotatable bonds is 8. The lowest BCUT2D eigenvalue weighted by atomic mass is 10.1. The van der Waals surface area contributed by atoms with Crippen molar-refractivity contribution in [2.45, 2.75) is 58.3 Å². The van der Waals surface area contributed by atoms with Gasteiger partial charge in [-0.25, -0.2) is 15.9 Å². The highest BCUT2D eigenvalue weighted by atomic mass is 15.0. The third-order valence-electron chi connectivity index (χ3n) is 2.92. The smallest absolute Gasteiger partial charge is 0.174 e. The van der Waals surface area contributed by atoms with Crippen LogP contribution in [0.4, 0.5) is 0 Å². The van der Waals surface area contributed by atoms with E-state index >= 15 is 0 Å². The predicted molar refractivity (Wildman–Crippen MR) is 75.0 cm³/mol. The van der Waals surface area contributed by atoms with Crippen molar-refractivity contribution in [2.24, 2.45) is 9.98 Å². The number of unbranched alkanes of at least 4 members (excludes halogenated alkanes) is 6. The molecule has 0 unspecified atom stereocenters. The molecule has 4 heteroatoms. The molecule has 0 amide bonds. The molecule has 1 aliphatic heterocycles. The second-order valence-electron chi connectivity index (χ2n) is 4.43. The van der Waals surface area contributed by atoms with Gasteiger partial charge in [0, 0.05) is 6.42 Å². The van der Waals surface area contributed by atoms with Gasteiger partial charge < -0.3 is 5.41 Å². The summed E-state index contributed by atoms with van der Waals surface area (Å²) in [5.41, 5.74) is 0.325. The first-order valence-electron chi connectivity index (χ1n) is 6.65. The number of hydrogen-bond acceptors (Lipinski definition) is 3. The molecule has 0 aliphatic carbocycles. The Morgan fingerprint density at radius 1 is 1.06 bits per heavy atom. The van der Waals surface area contributed by atoms with Gasteiger partial charge in [0.1, 0.15) is 17.6 Å². The maximum Gasteiger partial charge on any atom is 0.174 e. The minimum Gasteiger partial charge on any atom is -0.761 e. The normalized spacial score (nSPS) is 13.9. The molecule has 1 aliphatic rings. The molecule has 0 saturated carbocycles. The number of hydrogen-bond donors (Lipinski definition) is 0. The van der Waals surface area contributed by atoms with E-state index in [1.165, 1.54) is 38.5 Å². The Morgan fingerprint density at radius 3 is 2.28 bits per heavy atom. The Bertz CT molecular complexity index is 420. The second kappa shape index (κ2) is 8.38. The van der Waals surface area contributed by atoms with E-state index in [0.717, 1.165) is 12.8 Å². The van der Waals surface area contributed by atoms with Crippen molar-refractivity contribution in [3.8, 4) is 6.07 Å². The summed E-state index contributed by atoms with van der Waals surface area (Å²) in [5.74, 6) is 2.53. The summed E-state index contributed by atoms with van der Waals surface area (Å²) in [6.07, 6.45) is 9.43. The van der Waals surface area contributed by atoms with Crippen molar-refractivity contribution in [1.29, 1.82) is 5.26 Å². The fourth-order valence-corrected chi connectivity index (χ4v) is 1.90. The van der Waals surface area contributed by atoms with Crippen molar-refractivity contribution in [3.05, 3.63) is 11.1 Å². The number of aliphatic imine (C=N–C) groups is 2. The SMILES string of the molecule is CCCCCCCCCC1=NC(=C=[N-])C(C#N)=N1.